The molecule has 0 aromatic heterocycles. The van der Waals surface area contributed by atoms with E-state index in [4.69, 9.17) is 18.9 Å². The Morgan fingerprint density at radius 3 is 2.25 bits per heavy atom. The van der Waals surface area contributed by atoms with Crippen LogP contribution in [0.5, 0.6) is 11.5 Å². The average molecular weight is 481 g/mol. The summed E-state index contributed by atoms with van der Waals surface area (Å²) in [4.78, 5) is 0. The normalized spacial score (nSPS) is 16.8. The van der Waals surface area contributed by atoms with Gasteiger partial charge in [0.05, 0.1) is 27.4 Å². The number of hydrogen-bond acceptors (Lipinski definition) is 4. The van der Waals surface area contributed by atoms with E-state index in [2.05, 4.69) is 66.7 Å². The molecule has 4 aromatic carbocycles. The Kier molecular flexibility index (Phi) is 6.39. The molecule has 4 aromatic rings. The van der Waals surface area contributed by atoms with E-state index >= 15 is 0 Å². The Morgan fingerprint density at radius 2 is 1.50 bits per heavy atom. The molecule has 0 radical (unpaired) electrons. The van der Waals surface area contributed by atoms with Crippen molar-refractivity contribution in [3.63, 3.8) is 0 Å². The summed E-state index contributed by atoms with van der Waals surface area (Å²) in [5, 5.41) is 4.77. The Bertz CT molecular complexity index is 1450. The van der Waals surface area contributed by atoms with Gasteiger partial charge in [0.15, 0.2) is 0 Å². The van der Waals surface area contributed by atoms with Gasteiger partial charge in [-0.3, -0.25) is 0 Å². The summed E-state index contributed by atoms with van der Waals surface area (Å²) in [5.74, 6) is 2.30. The van der Waals surface area contributed by atoms with Crippen molar-refractivity contribution in [1.29, 1.82) is 0 Å². The van der Waals surface area contributed by atoms with Crippen LogP contribution in [0.25, 0.3) is 38.2 Å². The molecule has 0 amide bonds. The van der Waals surface area contributed by atoms with E-state index in [1.165, 1.54) is 38.6 Å². The van der Waals surface area contributed by atoms with Crippen molar-refractivity contribution in [2.24, 2.45) is 0 Å². The fourth-order valence-electron chi connectivity index (χ4n) is 5.89. The maximum absolute atomic E-state index is 5.90. The number of fused-ring (bicyclic) bond motifs is 2. The lowest BCUT2D eigenvalue weighted by Gasteiger charge is -2.25. The number of rotatable bonds is 5. The second kappa shape index (κ2) is 9.96. The minimum absolute atomic E-state index is 0.492. The minimum atomic E-state index is 0.492. The predicted octanol–water partition coefficient (Wildman–Crippen LogP) is 7.37. The molecular formula is C32H32O4. The third kappa shape index (κ3) is 4.04. The minimum Gasteiger partial charge on any atom is -0.496 e. The molecule has 2 aliphatic heterocycles. The van der Waals surface area contributed by atoms with E-state index in [-0.39, 0.29) is 0 Å². The van der Waals surface area contributed by atoms with Gasteiger partial charge in [-0.2, -0.15) is 0 Å². The topological polar surface area (TPSA) is 36.9 Å². The maximum atomic E-state index is 5.90. The average Bonchev–Trinajstić information content (AvgIpc) is 2.96. The third-order valence-electron chi connectivity index (χ3n) is 7.71. The molecular weight excluding hydrogens is 448 g/mol. The first-order chi connectivity index (χ1) is 17.8. The molecule has 1 fully saturated rings. The highest BCUT2D eigenvalue weighted by Crippen LogP contribution is 2.44. The van der Waals surface area contributed by atoms with Crippen LogP contribution in [0.3, 0.4) is 0 Å². The molecule has 4 heteroatoms. The smallest absolute Gasteiger partial charge is 0.127 e. The molecule has 0 aliphatic carbocycles. The van der Waals surface area contributed by atoms with Gasteiger partial charge in [0.2, 0.25) is 0 Å². The fraction of sp³-hybridized carbons (Fsp3) is 0.312. The second-order valence-corrected chi connectivity index (χ2v) is 9.61. The molecule has 184 valence electrons. The van der Waals surface area contributed by atoms with Crippen molar-refractivity contribution in [2.75, 3.05) is 40.6 Å². The molecule has 0 unspecified atom stereocenters. The standard InChI is InChI=1S/C32H32O4/c1-33-30-10-9-24(21-11-15-35-16-12-21)29-19-23(7-8-26(29)30)28-20-31(34-2)25-5-3-4-6-27(25)32(28)22-13-17-36-18-14-22/h3-10,13,19-21H,11-12,14-18H2,1-2H3. The first kappa shape index (κ1) is 23.1. The Labute approximate surface area is 212 Å². The van der Waals surface area contributed by atoms with Crippen LogP contribution in [0.4, 0.5) is 0 Å². The van der Waals surface area contributed by atoms with Crippen molar-refractivity contribution in [3.8, 4) is 22.6 Å². The summed E-state index contributed by atoms with van der Waals surface area (Å²) < 4.78 is 23.0. The Morgan fingerprint density at radius 1 is 0.722 bits per heavy atom. The van der Waals surface area contributed by atoms with Crippen molar-refractivity contribution in [3.05, 3.63) is 77.9 Å². The summed E-state index contributed by atoms with van der Waals surface area (Å²) in [6.07, 6.45) is 5.23. The van der Waals surface area contributed by atoms with Crippen LogP contribution in [0.15, 0.2) is 66.7 Å². The zero-order chi connectivity index (χ0) is 24.5. The maximum Gasteiger partial charge on any atom is 0.127 e. The quantitative estimate of drug-likeness (QED) is 0.299. The Balaban J connectivity index is 1.62. The van der Waals surface area contributed by atoms with Gasteiger partial charge in [0, 0.05) is 24.0 Å². The van der Waals surface area contributed by atoms with E-state index in [1.807, 2.05) is 0 Å². The molecule has 1 saturated heterocycles. The largest absolute Gasteiger partial charge is 0.496 e. The molecule has 0 saturated carbocycles. The second-order valence-electron chi connectivity index (χ2n) is 9.61. The van der Waals surface area contributed by atoms with Crippen LogP contribution in [0, 0.1) is 0 Å². The van der Waals surface area contributed by atoms with E-state index in [1.54, 1.807) is 14.2 Å². The number of hydrogen-bond donors (Lipinski definition) is 0. The molecule has 0 bridgehead atoms. The van der Waals surface area contributed by atoms with Crippen molar-refractivity contribution < 1.29 is 18.9 Å². The van der Waals surface area contributed by atoms with Gasteiger partial charge < -0.3 is 18.9 Å². The van der Waals surface area contributed by atoms with Crippen molar-refractivity contribution in [1.82, 2.24) is 0 Å². The zero-order valence-corrected chi connectivity index (χ0v) is 21.0. The fourth-order valence-corrected chi connectivity index (χ4v) is 5.89. The lowest BCUT2D eigenvalue weighted by atomic mass is 9.84. The van der Waals surface area contributed by atoms with Crippen LogP contribution < -0.4 is 9.47 Å². The van der Waals surface area contributed by atoms with Crippen LogP contribution in [-0.4, -0.2) is 40.6 Å². The van der Waals surface area contributed by atoms with E-state index in [0.717, 1.165) is 61.4 Å². The molecule has 2 heterocycles. The molecule has 4 nitrogen and oxygen atoms in total. The zero-order valence-electron chi connectivity index (χ0n) is 21.0. The molecule has 0 atom stereocenters. The van der Waals surface area contributed by atoms with E-state index in [9.17, 15) is 0 Å². The highest BCUT2D eigenvalue weighted by Gasteiger charge is 2.22. The lowest BCUT2D eigenvalue weighted by Crippen LogP contribution is -2.14. The van der Waals surface area contributed by atoms with Crippen molar-refractivity contribution in [2.45, 2.75) is 25.2 Å². The number of benzene rings is 4. The highest BCUT2D eigenvalue weighted by atomic mass is 16.5. The highest BCUT2D eigenvalue weighted by molar-refractivity contribution is 6.05. The lowest BCUT2D eigenvalue weighted by molar-refractivity contribution is 0.0856. The van der Waals surface area contributed by atoms with Crippen LogP contribution in [0.2, 0.25) is 0 Å². The molecule has 36 heavy (non-hydrogen) atoms. The molecule has 6 rings (SSSR count). The van der Waals surface area contributed by atoms with Crippen LogP contribution in [0.1, 0.15) is 36.3 Å². The summed E-state index contributed by atoms with van der Waals surface area (Å²) >= 11 is 0. The summed E-state index contributed by atoms with van der Waals surface area (Å²) in [6.45, 7) is 3.03. The molecule has 0 N–H and O–H groups in total. The first-order valence-electron chi connectivity index (χ1n) is 12.8. The molecule has 2 aliphatic rings. The third-order valence-corrected chi connectivity index (χ3v) is 7.71. The monoisotopic (exact) mass is 480 g/mol. The van der Waals surface area contributed by atoms with Crippen molar-refractivity contribution >= 4 is 27.1 Å². The van der Waals surface area contributed by atoms with Gasteiger partial charge in [0.25, 0.3) is 0 Å². The van der Waals surface area contributed by atoms with Crippen LogP contribution >= 0.6 is 0 Å². The summed E-state index contributed by atoms with van der Waals surface area (Å²) in [5.41, 5.74) is 6.39. The predicted molar refractivity (Wildman–Crippen MR) is 146 cm³/mol. The van der Waals surface area contributed by atoms with Gasteiger partial charge in [-0.1, -0.05) is 48.5 Å². The van der Waals surface area contributed by atoms with Gasteiger partial charge in [0.1, 0.15) is 11.5 Å². The van der Waals surface area contributed by atoms with Gasteiger partial charge in [-0.25, -0.2) is 0 Å². The number of methoxy groups -OCH3 is 2. The summed E-state index contributed by atoms with van der Waals surface area (Å²) in [6, 6.07) is 21.9. The summed E-state index contributed by atoms with van der Waals surface area (Å²) in [7, 11) is 3.51. The van der Waals surface area contributed by atoms with Gasteiger partial charge in [-0.05, 0) is 82.0 Å². The molecule has 0 spiro atoms. The van der Waals surface area contributed by atoms with Crippen LogP contribution in [-0.2, 0) is 9.47 Å². The van der Waals surface area contributed by atoms with Gasteiger partial charge >= 0.3 is 0 Å². The SMILES string of the molecule is COc1ccc(C2CCOCC2)c2cc(-c3cc(OC)c4ccccc4c3C3=CCOCC3)ccc12. The Hall–Kier alpha value is -3.34. The number of ether oxygens (including phenoxy) is 4. The van der Waals surface area contributed by atoms with Gasteiger partial charge in [-0.15, -0.1) is 0 Å². The van der Waals surface area contributed by atoms with E-state index in [0.29, 0.717) is 12.5 Å². The first-order valence-corrected chi connectivity index (χ1v) is 12.8. The van der Waals surface area contributed by atoms with E-state index < -0.39 is 0 Å².